The van der Waals surface area contributed by atoms with Gasteiger partial charge in [-0.15, -0.1) is 0 Å². The van der Waals surface area contributed by atoms with E-state index in [1.807, 2.05) is 38.1 Å². The van der Waals surface area contributed by atoms with Crippen molar-refractivity contribution in [2.24, 2.45) is 11.8 Å². The first-order valence-electron chi connectivity index (χ1n) is 18.9. The molecule has 0 radical (unpaired) electrons. The molecule has 266 valence electrons. The summed E-state index contributed by atoms with van der Waals surface area (Å²) in [6, 6.07) is 13.3. The summed E-state index contributed by atoms with van der Waals surface area (Å²) in [6.45, 7) is 13.1. The number of halogens is 1. The Bertz CT molecular complexity index is 1570. The molecule has 0 aromatic heterocycles. The van der Waals surface area contributed by atoms with Crippen LogP contribution in [0.25, 0.3) is 0 Å². The number of nitrogens with one attached hydrogen (secondary N) is 1. The highest BCUT2D eigenvalue weighted by Gasteiger charge is 2.45. The fourth-order valence-corrected chi connectivity index (χ4v) is 10.1. The van der Waals surface area contributed by atoms with Crippen LogP contribution in [-0.2, 0) is 22.8 Å². The second-order valence-electron chi connectivity index (χ2n) is 15.6. The van der Waals surface area contributed by atoms with Gasteiger partial charge in [-0.3, -0.25) is 19.3 Å². The number of anilines is 1. The number of rotatable bonds is 9. The Labute approximate surface area is 301 Å². The molecule has 1 spiro atoms. The standard InChI is InChI=1S/C40H55ClN4O3S/c1-4-5-11-36(44-21-20-43-19-7-6-10-33(43)25-44)34-15-12-31(34)24-45-26-40(18-8-9-29-22-32(41)14-16-35(29)40)27-48-38-17-13-30(23-37(38)45)39(46)42-49(47)28(2)3/h5,11,13-14,16-17,22-23,28,31,33-34,36H,4,6-10,12,15,18-21,24-27H2,1-3H3,(H,42,46)/b11-5+/t31?,33?,34?,36?,40-,49?/m0/s1. The van der Waals surface area contributed by atoms with Gasteiger partial charge in [0.1, 0.15) is 16.7 Å². The summed E-state index contributed by atoms with van der Waals surface area (Å²) in [5.74, 6) is 1.66. The Kier molecular flexibility index (Phi) is 10.8. The zero-order chi connectivity index (χ0) is 34.1. The lowest BCUT2D eigenvalue weighted by molar-refractivity contribution is -0.00156. The van der Waals surface area contributed by atoms with E-state index in [0.29, 0.717) is 36.1 Å². The molecule has 7 rings (SSSR count). The van der Waals surface area contributed by atoms with E-state index < -0.39 is 11.0 Å². The van der Waals surface area contributed by atoms with Gasteiger partial charge < -0.3 is 9.64 Å². The van der Waals surface area contributed by atoms with E-state index in [4.69, 9.17) is 16.3 Å². The number of benzene rings is 2. The van der Waals surface area contributed by atoms with Crippen molar-refractivity contribution in [3.8, 4) is 5.75 Å². The number of hydrogen-bond donors (Lipinski definition) is 1. The number of piperazine rings is 1. The minimum absolute atomic E-state index is 0.157. The molecule has 49 heavy (non-hydrogen) atoms. The number of aryl methyl sites for hydroxylation is 1. The zero-order valence-corrected chi connectivity index (χ0v) is 31.2. The number of piperidine rings is 1. The molecule has 3 heterocycles. The third-order valence-corrected chi connectivity index (χ3v) is 13.6. The van der Waals surface area contributed by atoms with E-state index in [-0.39, 0.29) is 16.6 Å². The minimum atomic E-state index is -1.44. The van der Waals surface area contributed by atoms with Crippen LogP contribution in [0.1, 0.15) is 93.6 Å². The van der Waals surface area contributed by atoms with Crippen LogP contribution in [0.15, 0.2) is 48.6 Å². The number of nitrogens with zero attached hydrogens (tertiary/aromatic N) is 3. The smallest absolute Gasteiger partial charge is 0.263 e. The first-order valence-corrected chi connectivity index (χ1v) is 20.5. The van der Waals surface area contributed by atoms with Crippen molar-refractivity contribution in [2.45, 2.75) is 101 Å². The van der Waals surface area contributed by atoms with E-state index in [0.717, 1.165) is 61.8 Å². The number of allylic oxidation sites excluding steroid dienone is 1. The lowest BCUT2D eigenvalue weighted by atomic mass is 9.67. The van der Waals surface area contributed by atoms with Crippen molar-refractivity contribution in [1.29, 1.82) is 0 Å². The number of amides is 1. The summed E-state index contributed by atoms with van der Waals surface area (Å²) in [5.41, 5.74) is 4.01. The first kappa shape index (κ1) is 35.0. The maximum absolute atomic E-state index is 13.3. The Morgan fingerprint density at radius 1 is 1.10 bits per heavy atom. The molecule has 2 saturated heterocycles. The van der Waals surface area contributed by atoms with Gasteiger partial charge in [0.25, 0.3) is 5.91 Å². The Hall–Kier alpha value is -2.39. The summed E-state index contributed by atoms with van der Waals surface area (Å²) in [5, 5.41) is 0.633. The van der Waals surface area contributed by atoms with Gasteiger partial charge in [0.2, 0.25) is 0 Å². The fourth-order valence-electron chi connectivity index (χ4n) is 9.34. The highest BCUT2D eigenvalue weighted by Crippen LogP contribution is 2.47. The molecule has 9 heteroatoms. The maximum atomic E-state index is 13.3. The molecule has 7 nitrogen and oxygen atoms in total. The Morgan fingerprint density at radius 3 is 2.78 bits per heavy atom. The third-order valence-electron chi connectivity index (χ3n) is 12.2. The van der Waals surface area contributed by atoms with Gasteiger partial charge in [0.15, 0.2) is 0 Å². The monoisotopic (exact) mass is 706 g/mol. The largest absolute Gasteiger partial charge is 0.490 e. The lowest BCUT2D eigenvalue weighted by Gasteiger charge is -2.52. The Morgan fingerprint density at radius 2 is 1.98 bits per heavy atom. The van der Waals surface area contributed by atoms with Crippen LogP contribution in [0, 0.1) is 11.8 Å². The molecule has 1 saturated carbocycles. The normalized spacial score (nSPS) is 28.6. The van der Waals surface area contributed by atoms with Crippen LogP contribution in [0.2, 0.25) is 5.02 Å². The number of carbonyl (C=O) groups excluding carboxylic acids is 1. The number of hydrogen-bond acceptors (Lipinski definition) is 6. The first-order chi connectivity index (χ1) is 23.7. The molecule has 5 unspecified atom stereocenters. The summed E-state index contributed by atoms with van der Waals surface area (Å²) in [7, 11) is -1.44. The van der Waals surface area contributed by atoms with Crippen LogP contribution >= 0.6 is 11.6 Å². The lowest BCUT2D eigenvalue weighted by Crippen LogP contribution is -2.60. The van der Waals surface area contributed by atoms with Crippen LogP contribution < -0.4 is 14.4 Å². The van der Waals surface area contributed by atoms with Crippen LogP contribution in [0.4, 0.5) is 5.69 Å². The molecule has 1 amide bonds. The second kappa shape index (κ2) is 15.1. The van der Waals surface area contributed by atoms with E-state index in [1.54, 1.807) is 0 Å². The van der Waals surface area contributed by atoms with Gasteiger partial charge in [0.05, 0.1) is 12.3 Å². The third kappa shape index (κ3) is 7.35. The van der Waals surface area contributed by atoms with E-state index in [9.17, 15) is 9.00 Å². The molecule has 5 aliphatic rings. The summed E-state index contributed by atoms with van der Waals surface area (Å²) < 4.78 is 22.0. The number of ether oxygens (including phenoxy) is 1. The fraction of sp³-hybridized carbons (Fsp3) is 0.625. The number of carbonyl (C=O) groups is 1. The predicted molar refractivity (Wildman–Crippen MR) is 201 cm³/mol. The molecule has 1 N–H and O–H groups in total. The Balaban J connectivity index is 1.20. The molecule has 0 bridgehead atoms. The van der Waals surface area contributed by atoms with E-state index >= 15 is 0 Å². The quantitative estimate of drug-likeness (QED) is 0.280. The van der Waals surface area contributed by atoms with E-state index in [1.165, 1.54) is 62.9 Å². The molecule has 2 aromatic rings. The van der Waals surface area contributed by atoms with Crippen molar-refractivity contribution in [2.75, 3.05) is 50.8 Å². The highest BCUT2D eigenvalue weighted by atomic mass is 35.5. The van der Waals surface area contributed by atoms with Gasteiger partial charge in [-0.2, -0.15) is 0 Å². The van der Waals surface area contributed by atoms with Crippen molar-refractivity contribution in [3.05, 3.63) is 70.3 Å². The second-order valence-corrected chi connectivity index (χ2v) is 17.8. The summed E-state index contributed by atoms with van der Waals surface area (Å²) in [6.07, 6.45) is 15.7. The van der Waals surface area contributed by atoms with Crippen LogP contribution in [0.5, 0.6) is 5.75 Å². The molecule has 2 aliphatic carbocycles. The van der Waals surface area contributed by atoms with Gasteiger partial charge >= 0.3 is 0 Å². The van der Waals surface area contributed by atoms with Crippen molar-refractivity contribution < 1.29 is 13.7 Å². The van der Waals surface area contributed by atoms with Crippen LogP contribution in [0.3, 0.4) is 0 Å². The SMILES string of the molecule is CC/C=C/C(C1CCC1CN1C[C@@]2(CCCc3cc(Cl)ccc32)COc2ccc(C(=O)NS(=O)C(C)C)cc21)N1CCN2CCCCC2C1. The molecule has 6 atom stereocenters. The molecule has 2 aromatic carbocycles. The van der Waals surface area contributed by atoms with Crippen molar-refractivity contribution in [3.63, 3.8) is 0 Å². The molecular weight excluding hydrogens is 652 g/mol. The average molecular weight is 707 g/mol. The van der Waals surface area contributed by atoms with E-state index in [2.05, 4.69) is 50.6 Å². The average Bonchev–Trinajstić information content (AvgIpc) is 3.24. The molecule has 3 fully saturated rings. The van der Waals surface area contributed by atoms with Crippen LogP contribution in [-0.4, -0.2) is 83.1 Å². The highest BCUT2D eigenvalue weighted by molar-refractivity contribution is 7.84. The maximum Gasteiger partial charge on any atom is 0.263 e. The van der Waals surface area contributed by atoms with Crippen molar-refractivity contribution in [1.82, 2.24) is 14.5 Å². The number of fused-ring (bicyclic) bond motifs is 4. The van der Waals surface area contributed by atoms with Gasteiger partial charge in [-0.25, -0.2) is 4.21 Å². The van der Waals surface area contributed by atoms with Gasteiger partial charge in [0, 0.05) is 66.1 Å². The molecular formula is C40H55ClN4O3S. The minimum Gasteiger partial charge on any atom is -0.490 e. The van der Waals surface area contributed by atoms with Gasteiger partial charge in [-0.05, 0) is 125 Å². The summed E-state index contributed by atoms with van der Waals surface area (Å²) in [4.78, 5) is 21.5. The summed E-state index contributed by atoms with van der Waals surface area (Å²) >= 11 is 6.51. The van der Waals surface area contributed by atoms with Crippen molar-refractivity contribution >= 4 is 34.2 Å². The topological polar surface area (TPSA) is 65.1 Å². The molecule has 3 aliphatic heterocycles. The van der Waals surface area contributed by atoms with Gasteiger partial charge in [-0.1, -0.05) is 43.2 Å². The zero-order valence-electron chi connectivity index (χ0n) is 29.7. The predicted octanol–water partition coefficient (Wildman–Crippen LogP) is 7.15.